The lowest BCUT2D eigenvalue weighted by Gasteiger charge is -2.17. The average Bonchev–Trinajstić information content (AvgIpc) is 2.35. The Kier molecular flexibility index (Phi) is 5.42. The van der Waals surface area contributed by atoms with Gasteiger partial charge in [0.1, 0.15) is 5.82 Å². The summed E-state index contributed by atoms with van der Waals surface area (Å²) in [4.78, 5) is 21.7. The van der Waals surface area contributed by atoms with Gasteiger partial charge < -0.3 is 10.1 Å². The second-order valence-corrected chi connectivity index (χ2v) is 4.76. The Morgan fingerprint density at radius 1 is 1.45 bits per heavy atom. The fourth-order valence-corrected chi connectivity index (χ4v) is 1.36. The number of nitro groups is 1. The molecule has 0 aliphatic heterocycles. The van der Waals surface area contributed by atoms with Crippen molar-refractivity contribution in [1.29, 1.82) is 0 Å². The highest BCUT2D eigenvalue weighted by Crippen LogP contribution is 2.27. The van der Waals surface area contributed by atoms with E-state index in [9.17, 15) is 19.3 Å². The van der Waals surface area contributed by atoms with Crippen LogP contribution in [0.2, 0.25) is 0 Å². The van der Waals surface area contributed by atoms with Gasteiger partial charge in [0.05, 0.1) is 4.92 Å². The van der Waals surface area contributed by atoms with Crippen molar-refractivity contribution in [3.8, 4) is 5.75 Å². The highest BCUT2D eigenvalue weighted by Gasteiger charge is 2.18. The standard InChI is InChI=1S/C13H17FN2O4/c1-8(2)9(3)15-13(17)7-20-12-6-10(14)4-5-11(12)16(18)19/h4-6,8-9H,7H2,1-3H3,(H,15,17). The molecule has 6 nitrogen and oxygen atoms in total. The van der Waals surface area contributed by atoms with Crippen molar-refractivity contribution in [2.75, 3.05) is 6.61 Å². The Morgan fingerprint density at radius 2 is 2.10 bits per heavy atom. The summed E-state index contributed by atoms with van der Waals surface area (Å²) in [5, 5.41) is 13.4. The molecule has 0 aromatic heterocycles. The summed E-state index contributed by atoms with van der Waals surface area (Å²) in [6.07, 6.45) is 0. The third-order valence-corrected chi connectivity index (χ3v) is 2.87. The summed E-state index contributed by atoms with van der Waals surface area (Å²) in [5.74, 6) is -1.09. The molecule has 1 aromatic carbocycles. The smallest absolute Gasteiger partial charge is 0.311 e. The van der Waals surface area contributed by atoms with Crippen LogP contribution < -0.4 is 10.1 Å². The van der Waals surface area contributed by atoms with Crippen molar-refractivity contribution in [2.45, 2.75) is 26.8 Å². The topological polar surface area (TPSA) is 81.5 Å². The van der Waals surface area contributed by atoms with Gasteiger partial charge in [-0.15, -0.1) is 0 Å². The molecular weight excluding hydrogens is 267 g/mol. The number of amides is 1. The summed E-state index contributed by atoms with van der Waals surface area (Å²) in [6.45, 7) is 5.33. The number of benzene rings is 1. The lowest BCUT2D eigenvalue weighted by atomic mass is 10.1. The molecule has 1 rings (SSSR count). The second kappa shape index (κ2) is 6.83. The second-order valence-electron chi connectivity index (χ2n) is 4.76. The van der Waals surface area contributed by atoms with Crippen molar-refractivity contribution < 1.29 is 18.8 Å². The highest BCUT2D eigenvalue weighted by molar-refractivity contribution is 5.78. The van der Waals surface area contributed by atoms with Crippen LogP contribution in [0.1, 0.15) is 20.8 Å². The molecule has 20 heavy (non-hydrogen) atoms. The lowest BCUT2D eigenvalue weighted by molar-refractivity contribution is -0.385. The number of hydrogen-bond acceptors (Lipinski definition) is 4. The summed E-state index contributed by atoms with van der Waals surface area (Å²) in [5.41, 5.74) is -0.379. The maximum Gasteiger partial charge on any atom is 0.311 e. The molecule has 1 aromatic rings. The summed E-state index contributed by atoms with van der Waals surface area (Å²) >= 11 is 0. The normalized spacial score (nSPS) is 12.1. The van der Waals surface area contributed by atoms with E-state index in [1.807, 2.05) is 20.8 Å². The fraction of sp³-hybridized carbons (Fsp3) is 0.462. The maximum atomic E-state index is 13.0. The molecule has 0 bridgehead atoms. The van der Waals surface area contributed by atoms with E-state index in [0.29, 0.717) is 0 Å². The molecule has 0 aliphatic carbocycles. The number of nitrogens with zero attached hydrogens (tertiary/aromatic N) is 1. The number of nitrogens with one attached hydrogen (secondary N) is 1. The Hall–Kier alpha value is -2.18. The van der Waals surface area contributed by atoms with Crippen LogP contribution in [-0.2, 0) is 4.79 Å². The van der Waals surface area contributed by atoms with Gasteiger partial charge >= 0.3 is 5.69 Å². The van der Waals surface area contributed by atoms with Crippen LogP contribution >= 0.6 is 0 Å². The first-order chi connectivity index (χ1) is 9.31. The summed E-state index contributed by atoms with van der Waals surface area (Å²) < 4.78 is 18.1. The first-order valence-electron chi connectivity index (χ1n) is 6.17. The molecule has 0 spiro atoms. The number of ether oxygens (including phenoxy) is 1. The molecule has 7 heteroatoms. The fourth-order valence-electron chi connectivity index (χ4n) is 1.36. The molecule has 0 aliphatic rings. The molecule has 1 amide bonds. The van der Waals surface area contributed by atoms with E-state index in [4.69, 9.17) is 4.74 Å². The van der Waals surface area contributed by atoms with E-state index in [1.165, 1.54) is 0 Å². The van der Waals surface area contributed by atoms with Crippen molar-refractivity contribution in [1.82, 2.24) is 5.32 Å². The molecule has 0 saturated carbocycles. The predicted octanol–water partition coefficient (Wildman–Crippen LogP) is 2.27. The molecule has 1 unspecified atom stereocenters. The van der Waals surface area contributed by atoms with E-state index in [0.717, 1.165) is 18.2 Å². The molecular formula is C13H17FN2O4. The Morgan fingerprint density at radius 3 is 2.65 bits per heavy atom. The number of nitro benzene ring substituents is 1. The van der Waals surface area contributed by atoms with Crippen LogP contribution in [0.4, 0.5) is 10.1 Å². The van der Waals surface area contributed by atoms with Crippen LogP contribution in [-0.4, -0.2) is 23.5 Å². The minimum atomic E-state index is -0.691. The van der Waals surface area contributed by atoms with Crippen LogP contribution in [0.3, 0.4) is 0 Å². The zero-order chi connectivity index (χ0) is 15.3. The van der Waals surface area contributed by atoms with Gasteiger partial charge in [-0.3, -0.25) is 14.9 Å². The van der Waals surface area contributed by atoms with Gasteiger partial charge in [0, 0.05) is 18.2 Å². The van der Waals surface area contributed by atoms with Crippen LogP contribution in [0.5, 0.6) is 5.75 Å². The lowest BCUT2D eigenvalue weighted by Crippen LogP contribution is -2.39. The number of halogens is 1. The monoisotopic (exact) mass is 284 g/mol. The highest BCUT2D eigenvalue weighted by atomic mass is 19.1. The minimum absolute atomic E-state index is 0.0476. The Bertz CT molecular complexity index is 505. The molecule has 110 valence electrons. The summed E-state index contributed by atoms with van der Waals surface area (Å²) in [7, 11) is 0. The van der Waals surface area contributed by atoms with E-state index < -0.39 is 23.3 Å². The van der Waals surface area contributed by atoms with Gasteiger partial charge in [-0.2, -0.15) is 0 Å². The first kappa shape index (κ1) is 15.9. The van der Waals surface area contributed by atoms with E-state index >= 15 is 0 Å². The van der Waals surface area contributed by atoms with Gasteiger partial charge in [0.15, 0.2) is 6.61 Å². The number of rotatable bonds is 6. The van der Waals surface area contributed by atoms with E-state index in [2.05, 4.69) is 5.32 Å². The Balaban J connectivity index is 2.68. The number of carbonyl (C=O) groups excluding carboxylic acids is 1. The zero-order valence-electron chi connectivity index (χ0n) is 11.6. The average molecular weight is 284 g/mol. The third kappa shape index (κ3) is 4.49. The minimum Gasteiger partial charge on any atom is -0.477 e. The van der Waals surface area contributed by atoms with Gasteiger partial charge in [0.2, 0.25) is 5.75 Å². The van der Waals surface area contributed by atoms with Gasteiger partial charge in [-0.25, -0.2) is 4.39 Å². The van der Waals surface area contributed by atoms with Crippen molar-refractivity contribution in [3.05, 3.63) is 34.1 Å². The predicted molar refractivity (Wildman–Crippen MR) is 71.0 cm³/mol. The molecule has 0 saturated heterocycles. The van der Waals surface area contributed by atoms with Crippen molar-refractivity contribution in [2.24, 2.45) is 5.92 Å². The SMILES string of the molecule is CC(C)C(C)NC(=O)COc1cc(F)ccc1[N+](=O)[O-]. The van der Waals surface area contributed by atoms with Crippen molar-refractivity contribution in [3.63, 3.8) is 0 Å². The molecule has 0 heterocycles. The van der Waals surface area contributed by atoms with Gasteiger partial charge in [-0.05, 0) is 18.9 Å². The molecule has 1 N–H and O–H groups in total. The molecule has 0 fully saturated rings. The zero-order valence-corrected chi connectivity index (χ0v) is 11.6. The third-order valence-electron chi connectivity index (χ3n) is 2.87. The van der Waals surface area contributed by atoms with E-state index in [1.54, 1.807) is 0 Å². The largest absolute Gasteiger partial charge is 0.477 e. The van der Waals surface area contributed by atoms with Gasteiger partial charge in [-0.1, -0.05) is 13.8 Å². The molecule has 0 radical (unpaired) electrons. The number of hydrogen-bond donors (Lipinski definition) is 1. The molecule has 1 atom stereocenters. The Labute approximate surface area is 116 Å². The summed E-state index contributed by atoms with van der Waals surface area (Å²) in [6, 6.07) is 2.80. The van der Waals surface area contributed by atoms with Crippen molar-refractivity contribution >= 4 is 11.6 Å². The van der Waals surface area contributed by atoms with E-state index in [-0.39, 0.29) is 23.4 Å². The van der Waals surface area contributed by atoms with Gasteiger partial charge in [0.25, 0.3) is 5.91 Å². The first-order valence-corrected chi connectivity index (χ1v) is 6.17. The van der Waals surface area contributed by atoms with Crippen LogP contribution in [0, 0.1) is 21.8 Å². The maximum absolute atomic E-state index is 13.0. The van der Waals surface area contributed by atoms with Crippen LogP contribution in [0.15, 0.2) is 18.2 Å². The number of carbonyl (C=O) groups is 1. The van der Waals surface area contributed by atoms with Crippen LogP contribution in [0.25, 0.3) is 0 Å². The quantitative estimate of drug-likeness (QED) is 0.641.